The number of rotatable bonds is 4. The van der Waals surface area contributed by atoms with Gasteiger partial charge in [0.2, 0.25) is 0 Å². The third kappa shape index (κ3) is 2.84. The van der Waals surface area contributed by atoms with E-state index in [1.807, 2.05) is 0 Å². The molecule has 3 saturated heterocycles. The molecule has 3 fully saturated rings. The summed E-state index contributed by atoms with van der Waals surface area (Å²) in [4.78, 5) is 5.60. The van der Waals surface area contributed by atoms with Crippen LogP contribution in [-0.4, -0.2) is 60.1 Å². The van der Waals surface area contributed by atoms with Gasteiger partial charge in [-0.05, 0) is 58.5 Å². The lowest BCUT2D eigenvalue weighted by Crippen LogP contribution is -2.54. The van der Waals surface area contributed by atoms with E-state index >= 15 is 0 Å². The maximum absolute atomic E-state index is 3.72. The van der Waals surface area contributed by atoms with Crippen LogP contribution in [0.5, 0.6) is 0 Å². The van der Waals surface area contributed by atoms with E-state index in [2.05, 4.69) is 29.0 Å². The average Bonchev–Trinajstić information content (AvgIpc) is 2.99. The quantitative estimate of drug-likeness (QED) is 0.839. The molecule has 0 aromatic rings. The van der Waals surface area contributed by atoms with Gasteiger partial charge < -0.3 is 5.32 Å². The van der Waals surface area contributed by atoms with Crippen LogP contribution in [0.4, 0.5) is 0 Å². The SMILES string of the molecule is CCCNC1CCN(C2CCN3CCCC23)C(C)C1. The van der Waals surface area contributed by atoms with Crippen molar-refractivity contribution in [1.82, 2.24) is 15.1 Å². The van der Waals surface area contributed by atoms with Crippen LogP contribution in [-0.2, 0) is 0 Å². The number of nitrogens with one attached hydrogen (secondary N) is 1. The fraction of sp³-hybridized carbons (Fsp3) is 1.00. The van der Waals surface area contributed by atoms with Crippen molar-refractivity contribution in [2.24, 2.45) is 0 Å². The minimum absolute atomic E-state index is 0.771. The predicted octanol–water partition coefficient (Wildman–Crippen LogP) is 2.08. The summed E-state index contributed by atoms with van der Waals surface area (Å²) in [5, 5.41) is 3.72. The topological polar surface area (TPSA) is 18.5 Å². The van der Waals surface area contributed by atoms with Crippen LogP contribution in [0.1, 0.15) is 52.4 Å². The molecule has 1 N–H and O–H groups in total. The van der Waals surface area contributed by atoms with Gasteiger partial charge in [0, 0.05) is 37.3 Å². The molecule has 3 heterocycles. The van der Waals surface area contributed by atoms with Gasteiger partial charge in [-0.3, -0.25) is 9.80 Å². The molecule has 3 aliphatic rings. The lowest BCUT2D eigenvalue weighted by molar-refractivity contribution is 0.0723. The third-order valence-corrected chi connectivity index (χ3v) is 5.61. The van der Waals surface area contributed by atoms with Crippen molar-refractivity contribution in [2.45, 2.75) is 76.5 Å². The zero-order valence-electron chi connectivity index (χ0n) is 12.8. The molecule has 110 valence electrons. The molecule has 0 aliphatic carbocycles. The first-order valence-corrected chi connectivity index (χ1v) is 8.52. The Morgan fingerprint density at radius 1 is 1.05 bits per heavy atom. The first kappa shape index (κ1) is 13.8. The number of hydrogen-bond acceptors (Lipinski definition) is 3. The van der Waals surface area contributed by atoms with E-state index in [4.69, 9.17) is 0 Å². The van der Waals surface area contributed by atoms with Gasteiger partial charge in [-0.2, -0.15) is 0 Å². The normalized spacial score (nSPS) is 40.7. The van der Waals surface area contributed by atoms with Gasteiger partial charge >= 0.3 is 0 Å². The molecule has 0 spiro atoms. The summed E-state index contributed by atoms with van der Waals surface area (Å²) >= 11 is 0. The minimum Gasteiger partial charge on any atom is -0.314 e. The summed E-state index contributed by atoms with van der Waals surface area (Å²) in [7, 11) is 0. The Labute approximate surface area is 118 Å². The van der Waals surface area contributed by atoms with Gasteiger partial charge in [0.05, 0.1) is 0 Å². The van der Waals surface area contributed by atoms with Crippen molar-refractivity contribution in [3.8, 4) is 0 Å². The first-order chi connectivity index (χ1) is 9.29. The number of likely N-dealkylation sites (tertiary alicyclic amines) is 1. The van der Waals surface area contributed by atoms with Gasteiger partial charge in [0.25, 0.3) is 0 Å². The first-order valence-electron chi connectivity index (χ1n) is 8.52. The van der Waals surface area contributed by atoms with Crippen LogP contribution in [0.25, 0.3) is 0 Å². The van der Waals surface area contributed by atoms with Crippen LogP contribution in [0.2, 0.25) is 0 Å². The molecule has 4 unspecified atom stereocenters. The Hall–Kier alpha value is -0.120. The molecular formula is C16H31N3. The van der Waals surface area contributed by atoms with Gasteiger partial charge in [0.1, 0.15) is 0 Å². The Morgan fingerprint density at radius 2 is 1.95 bits per heavy atom. The van der Waals surface area contributed by atoms with Crippen molar-refractivity contribution in [3.63, 3.8) is 0 Å². The standard InChI is InChI=1S/C16H31N3/c1-3-8-17-14-6-11-19(13(2)12-14)16-7-10-18-9-4-5-15(16)18/h13-17H,3-12H2,1-2H3. The van der Waals surface area contributed by atoms with Crippen LogP contribution >= 0.6 is 0 Å². The second-order valence-electron chi connectivity index (χ2n) is 6.86. The monoisotopic (exact) mass is 265 g/mol. The van der Waals surface area contributed by atoms with E-state index in [0.717, 1.165) is 24.2 Å². The van der Waals surface area contributed by atoms with Crippen molar-refractivity contribution < 1.29 is 0 Å². The molecule has 3 heteroatoms. The van der Waals surface area contributed by atoms with Crippen molar-refractivity contribution in [3.05, 3.63) is 0 Å². The molecule has 0 saturated carbocycles. The van der Waals surface area contributed by atoms with Crippen LogP contribution < -0.4 is 5.32 Å². The highest BCUT2D eigenvalue weighted by molar-refractivity contribution is 4.99. The molecular weight excluding hydrogens is 234 g/mol. The van der Waals surface area contributed by atoms with E-state index in [1.165, 1.54) is 64.7 Å². The summed E-state index contributed by atoms with van der Waals surface area (Å²) in [6, 6.07) is 3.30. The second kappa shape index (κ2) is 6.11. The van der Waals surface area contributed by atoms with Crippen LogP contribution in [0.15, 0.2) is 0 Å². The van der Waals surface area contributed by atoms with Crippen molar-refractivity contribution in [2.75, 3.05) is 26.2 Å². The Balaban J connectivity index is 1.55. The second-order valence-corrected chi connectivity index (χ2v) is 6.86. The zero-order valence-corrected chi connectivity index (χ0v) is 12.8. The van der Waals surface area contributed by atoms with E-state index in [1.54, 1.807) is 0 Å². The molecule has 0 bridgehead atoms. The summed E-state index contributed by atoms with van der Waals surface area (Å²) in [5.74, 6) is 0. The maximum Gasteiger partial charge on any atom is 0.0266 e. The Kier molecular flexibility index (Phi) is 4.45. The number of nitrogens with zero attached hydrogens (tertiary/aromatic N) is 2. The zero-order chi connectivity index (χ0) is 13.2. The molecule has 0 aromatic carbocycles. The van der Waals surface area contributed by atoms with Gasteiger partial charge in [-0.25, -0.2) is 0 Å². The van der Waals surface area contributed by atoms with Gasteiger partial charge in [-0.15, -0.1) is 0 Å². The lowest BCUT2D eigenvalue weighted by atomic mass is 9.93. The smallest absolute Gasteiger partial charge is 0.0266 e. The van der Waals surface area contributed by atoms with E-state index in [-0.39, 0.29) is 0 Å². The number of piperidine rings is 1. The molecule has 19 heavy (non-hydrogen) atoms. The molecule has 0 aromatic heterocycles. The van der Waals surface area contributed by atoms with Crippen molar-refractivity contribution >= 4 is 0 Å². The average molecular weight is 265 g/mol. The fourth-order valence-electron chi connectivity index (χ4n) is 4.66. The summed E-state index contributed by atoms with van der Waals surface area (Å²) in [5.41, 5.74) is 0. The Bertz CT molecular complexity index is 294. The summed E-state index contributed by atoms with van der Waals surface area (Å²) in [6.07, 6.45) is 8.27. The fourth-order valence-corrected chi connectivity index (χ4v) is 4.66. The minimum atomic E-state index is 0.771. The van der Waals surface area contributed by atoms with Crippen molar-refractivity contribution in [1.29, 1.82) is 0 Å². The van der Waals surface area contributed by atoms with E-state index in [9.17, 15) is 0 Å². The van der Waals surface area contributed by atoms with E-state index < -0.39 is 0 Å². The molecule has 3 nitrogen and oxygen atoms in total. The maximum atomic E-state index is 3.72. The van der Waals surface area contributed by atoms with Gasteiger partial charge in [-0.1, -0.05) is 6.92 Å². The lowest BCUT2D eigenvalue weighted by Gasteiger charge is -2.43. The predicted molar refractivity (Wildman–Crippen MR) is 80.5 cm³/mol. The molecule has 0 radical (unpaired) electrons. The highest BCUT2D eigenvalue weighted by atomic mass is 15.3. The Morgan fingerprint density at radius 3 is 2.74 bits per heavy atom. The van der Waals surface area contributed by atoms with Crippen LogP contribution in [0.3, 0.4) is 0 Å². The highest BCUT2D eigenvalue weighted by Crippen LogP contribution is 2.34. The third-order valence-electron chi connectivity index (χ3n) is 5.61. The molecule has 4 atom stereocenters. The number of hydrogen-bond donors (Lipinski definition) is 1. The van der Waals surface area contributed by atoms with Crippen LogP contribution in [0, 0.1) is 0 Å². The highest BCUT2D eigenvalue weighted by Gasteiger charge is 2.42. The van der Waals surface area contributed by atoms with Gasteiger partial charge in [0.15, 0.2) is 0 Å². The number of fused-ring (bicyclic) bond motifs is 1. The summed E-state index contributed by atoms with van der Waals surface area (Å²) < 4.78 is 0. The molecule has 3 rings (SSSR count). The molecule has 3 aliphatic heterocycles. The van der Waals surface area contributed by atoms with E-state index in [0.29, 0.717) is 0 Å². The summed E-state index contributed by atoms with van der Waals surface area (Å²) in [6.45, 7) is 9.95. The largest absolute Gasteiger partial charge is 0.314 e. The molecule has 0 amide bonds.